The highest BCUT2D eigenvalue weighted by molar-refractivity contribution is 7.89. The molecule has 1 atom stereocenters. The van der Waals surface area contributed by atoms with Crippen molar-refractivity contribution in [3.63, 3.8) is 0 Å². The van der Waals surface area contributed by atoms with Gasteiger partial charge in [-0.25, -0.2) is 13.1 Å². The highest BCUT2D eigenvalue weighted by Crippen LogP contribution is 2.18. The van der Waals surface area contributed by atoms with Crippen LogP contribution in [-0.4, -0.2) is 28.2 Å². The molecule has 1 rings (SSSR count). The highest BCUT2D eigenvalue weighted by Gasteiger charge is 2.30. The van der Waals surface area contributed by atoms with Gasteiger partial charge in [-0.1, -0.05) is 12.1 Å². The second-order valence-electron chi connectivity index (χ2n) is 4.02. The Balaban J connectivity index is 2.96. The zero-order chi connectivity index (χ0) is 14.7. The second-order valence-corrected chi connectivity index (χ2v) is 5.79. The van der Waals surface area contributed by atoms with Crippen LogP contribution in [0.4, 0.5) is 13.2 Å². The van der Waals surface area contributed by atoms with Crippen LogP contribution in [0.2, 0.25) is 0 Å². The summed E-state index contributed by atoms with van der Waals surface area (Å²) in [6.45, 7) is 0.232. The molecule has 1 aromatic carbocycles. The molecule has 2 N–H and O–H groups in total. The Labute approximate surface area is 110 Å². The molecule has 0 aliphatic carbocycles. The molecule has 0 aromatic heterocycles. The minimum absolute atomic E-state index is 0.0993. The second kappa shape index (κ2) is 5.89. The normalized spacial score (nSPS) is 14.4. The molecule has 0 heterocycles. The summed E-state index contributed by atoms with van der Waals surface area (Å²) in [5, 5.41) is 2.92. The summed E-state index contributed by atoms with van der Waals surface area (Å²) in [7, 11) is -2.45. The Morgan fingerprint density at radius 3 is 2.47 bits per heavy atom. The summed E-state index contributed by atoms with van der Waals surface area (Å²) in [5.74, 6) is 0. The third kappa shape index (κ3) is 4.81. The SMILES string of the molecule is CNC(C)c1cccc(S(=O)(=O)NCC(F)(F)F)c1. The molecule has 0 bridgehead atoms. The maximum absolute atomic E-state index is 12.0. The van der Waals surface area contributed by atoms with Crippen LogP contribution >= 0.6 is 0 Å². The average molecular weight is 296 g/mol. The van der Waals surface area contributed by atoms with E-state index in [1.807, 2.05) is 6.92 Å². The molecule has 1 aromatic rings. The number of sulfonamides is 1. The van der Waals surface area contributed by atoms with Crippen LogP contribution in [0.5, 0.6) is 0 Å². The van der Waals surface area contributed by atoms with Crippen molar-refractivity contribution >= 4 is 10.0 Å². The minimum Gasteiger partial charge on any atom is -0.313 e. The van der Waals surface area contributed by atoms with Crippen LogP contribution in [0.1, 0.15) is 18.5 Å². The van der Waals surface area contributed by atoms with E-state index in [9.17, 15) is 21.6 Å². The first-order valence-electron chi connectivity index (χ1n) is 5.49. The Bertz CT molecular complexity index is 529. The van der Waals surface area contributed by atoms with Gasteiger partial charge in [0.15, 0.2) is 0 Å². The van der Waals surface area contributed by atoms with Crippen LogP contribution < -0.4 is 10.0 Å². The Kier molecular flexibility index (Phi) is 4.94. The third-order valence-electron chi connectivity index (χ3n) is 2.56. The molecule has 0 aliphatic heterocycles. The maximum Gasteiger partial charge on any atom is 0.402 e. The highest BCUT2D eigenvalue weighted by atomic mass is 32.2. The first-order chi connectivity index (χ1) is 8.65. The van der Waals surface area contributed by atoms with Crippen molar-refractivity contribution in [3.05, 3.63) is 29.8 Å². The smallest absolute Gasteiger partial charge is 0.313 e. The fourth-order valence-corrected chi connectivity index (χ4v) is 2.45. The minimum atomic E-state index is -4.58. The molecule has 4 nitrogen and oxygen atoms in total. The van der Waals surface area contributed by atoms with E-state index in [0.717, 1.165) is 0 Å². The molecule has 0 amide bonds. The molecule has 8 heteroatoms. The van der Waals surface area contributed by atoms with Gasteiger partial charge in [0.1, 0.15) is 6.54 Å². The summed E-state index contributed by atoms with van der Waals surface area (Å²) in [6, 6.07) is 5.69. The van der Waals surface area contributed by atoms with Crippen molar-refractivity contribution in [2.75, 3.05) is 13.6 Å². The number of alkyl halides is 3. The van der Waals surface area contributed by atoms with Gasteiger partial charge in [-0.2, -0.15) is 13.2 Å². The van der Waals surface area contributed by atoms with Gasteiger partial charge in [-0.3, -0.25) is 0 Å². The molecular weight excluding hydrogens is 281 g/mol. The van der Waals surface area contributed by atoms with Gasteiger partial charge in [0, 0.05) is 6.04 Å². The van der Waals surface area contributed by atoms with E-state index in [2.05, 4.69) is 5.32 Å². The van der Waals surface area contributed by atoms with Gasteiger partial charge >= 0.3 is 6.18 Å². The summed E-state index contributed by atoms with van der Waals surface area (Å²) in [6.07, 6.45) is -4.58. The number of halogens is 3. The van der Waals surface area contributed by atoms with E-state index in [4.69, 9.17) is 0 Å². The molecule has 0 saturated carbocycles. The van der Waals surface area contributed by atoms with Crippen molar-refractivity contribution in [2.45, 2.75) is 24.0 Å². The van der Waals surface area contributed by atoms with Gasteiger partial charge in [-0.15, -0.1) is 0 Å². The van der Waals surface area contributed by atoms with Crippen molar-refractivity contribution < 1.29 is 21.6 Å². The Hall–Kier alpha value is -1.12. The molecule has 108 valence electrons. The fraction of sp³-hybridized carbons (Fsp3) is 0.455. The lowest BCUT2D eigenvalue weighted by molar-refractivity contribution is -0.121. The Morgan fingerprint density at radius 1 is 1.32 bits per heavy atom. The fourth-order valence-electron chi connectivity index (χ4n) is 1.38. The molecule has 19 heavy (non-hydrogen) atoms. The quantitative estimate of drug-likeness (QED) is 0.871. The van der Waals surface area contributed by atoms with E-state index in [1.165, 1.54) is 22.9 Å². The largest absolute Gasteiger partial charge is 0.402 e. The predicted octanol–water partition coefficient (Wildman–Crippen LogP) is 1.81. The van der Waals surface area contributed by atoms with Crippen LogP contribution in [0.25, 0.3) is 0 Å². The summed E-state index contributed by atoms with van der Waals surface area (Å²) >= 11 is 0. The summed E-state index contributed by atoms with van der Waals surface area (Å²) in [4.78, 5) is -0.184. The van der Waals surface area contributed by atoms with Crippen LogP contribution in [-0.2, 0) is 10.0 Å². The number of rotatable bonds is 5. The number of nitrogens with one attached hydrogen (secondary N) is 2. The number of hydrogen-bond acceptors (Lipinski definition) is 3. The molecule has 0 fully saturated rings. The van der Waals surface area contributed by atoms with E-state index in [1.54, 1.807) is 13.1 Å². The molecule has 0 aliphatic rings. The van der Waals surface area contributed by atoms with Gasteiger partial charge < -0.3 is 5.32 Å². The first-order valence-corrected chi connectivity index (χ1v) is 6.97. The average Bonchev–Trinajstić information content (AvgIpc) is 2.35. The molecular formula is C11H15F3N2O2S. The standard InChI is InChI=1S/C11H15F3N2O2S/c1-8(15-2)9-4-3-5-10(6-9)19(17,18)16-7-11(12,13)14/h3-6,8,15-16H,7H2,1-2H3. The lowest BCUT2D eigenvalue weighted by Gasteiger charge is -2.13. The molecule has 0 radical (unpaired) electrons. The van der Waals surface area contributed by atoms with E-state index >= 15 is 0 Å². The van der Waals surface area contributed by atoms with Crippen LogP contribution in [0, 0.1) is 0 Å². The number of hydrogen-bond donors (Lipinski definition) is 2. The maximum atomic E-state index is 12.0. The van der Waals surface area contributed by atoms with Crippen molar-refractivity contribution in [1.82, 2.24) is 10.0 Å². The summed E-state index contributed by atoms with van der Waals surface area (Å²) in [5.41, 5.74) is 0.678. The van der Waals surface area contributed by atoms with Gasteiger partial charge in [0.05, 0.1) is 4.90 Å². The molecule has 1 unspecified atom stereocenters. The van der Waals surface area contributed by atoms with Gasteiger partial charge in [-0.05, 0) is 31.7 Å². The zero-order valence-corrected chi connectivity index (χ0v) is 11.3. The topological polar surface area (TPSA) is 58.2 Å². The lowest BCUT2D eigenvalue weighted by Crippen LogP contribution is -2.33. The lowest BCUT2D eigenvalue weighted by atomic mass is 10.1. The molecule has 0 saturated heterocycles. The number of benzene rings is 1. The summed E-state index contributed by atoms with van der Waals surface area (Å²) < 4.78 is 61.0. The van der Waals surface area contributed by atoms with E-state index in [0.29, 0.717) is 5.56 Å². The van der Waals surface area contributed by atoms with E-state index in [-0.39, 0.29) is 10.9 Å². The van der Waals surface area contributed by atoms with Crippen molar-refractivity contribution in [2.24, 2.45) is 0 Å². The first kappa shape index (κ1) is 15.9. The van der Waals surface area contributed by atoms with Crippen LogP contribution in [0.3, 0.4) is 0 Å². The molecule has 0 spiro atoms. The zero-order valence-electron chi connectivity index (χ0n) is 10.5. The van der Waals surface area contributed by atoms with Gasteiger partial charge in [0.2, 0.25) is 10.0 Å². The predicted molar refractivity (Wildman–Crippen MR) is 65.2 cm³/mol. The third-order valence-corrected chi connectivity index (χ3v) is 3.96. The van der Waals surface area contributed by atoms with Crippen molar-refractivity contribution in [1.29, 1.82) is 0 Å². The van der Waals surface area contributed by atoms with Gasteiger partial charge in [0.25, 0.3) is 0 Å². The van der Waals surface area contributed by atoms with Crippen molar-refractivity contribution in [3.8, 4) is 0 Å². The monoisotopic (exact) mass is 296 g/mol. The Morgan fingerprint density at radius 2 is 1.95 bits per heavy atom. The van der Waals surface area contributed by atoms with Crippen LogP contribution in [0.15, 0.2) is 29.2 Å². The van der Waals surface area contributed by atoms with E-state index < -0.39 is 22.7 Å².